The van der Waals surface area contributed by atoms with E-state index in [1.165, 1.54) is 19.2 Å². The van der Waals surface area contributed by atoms with Crippen LogP contribution in [0.4, 0.5) is 39.5 Å². The molecule has 0 aliphatic carbocycles. The quantitative estimate of drug-likeness (QED) is 0.295. The van der Waals surface area contributed by atoms with Crippen molar-refractivity contribution in [2.75, 3.05) is 7.11 Å². The molecule has 0 radical (unpaired) electrons. The Kier molecular flexibility index (Phi) is 8.60. The van der Waals surface area contributed by atoms with Gasteiger partial charge in [-0.2, -0.15) is 30.7 Å². The van der Waals surface area contributed by atoms with Crippen LogP contribution in [0.3, 0.4) is 0 Å². The summed E-state index contributed by atoms with van der Waals surface area (Å²) >= 11 is 0. The predicted molar refractivity (Wildman–Crippen MR) is 116 cm³/mol. The fourth-order valence-corrected chi connectivity index (χ4v) is 3.44. The molecule has 0 spiro atoms. The first-order chi connectivity index (χ1) is 17.7. The summed E-state index contributed by atoms with van der Waals surface area (Å²) in [5, 5.41) is 2.34. The minimum atomic E-state index is -5.11. The maximum absolute atomic E-state index is 14.3. The summed E-state index contributed by atoms with van der Waals surface area (Å²) in [6, 6.07) is 8.01. The second-order valence-corrected chi connectivity index (χ2v) is 7.96. The van der Waals surface area contributed by atoms with Crippen LogP contribution in [0.2, 0.25) is 0 Å². The van der Waals surface area contributed by atoms with E-state index in [2.05, 4.69) is 10.1 Å². The van der Waals surface area contributed by atoms with E-state index >= 15 is 0 Å². The van der Waals surface area contributed by atoms with E-state index in [1.54, 1.807) is 12.1 Å². The molecule has 204 valence electrons. The minimum absolute atomic E-state index is 0.188. The van der Waals surface area contributed by atoms with Crippen molar-refractivity contribution in [1.82, 2.24) is 5.32 Å². The van der Waals surface area contributed by atoms with E-state index in [1.807, 2.05) is 0 Å². The molecule has 0 unspecified atom stereocenters. The number of nitrogens with one attached hydrogen (secondary N) is 1. The van der Waals surface area contributed by atoms with Gasteiger partial charge in [0, 0.05) is 18.7 Å². The van der Waals surface area contributed by atoms with Gasteiger partial charge in [-0.3, -0.25) is 4.79 Å². The number of methoxy groups -OCH3 is 1. The minimum Gasteiger partial charge on any atom is -0.428 e. The van der Waals surface area contributed by atoms with Crippen molar-refractivity contribution in [2.24, 2.45) is 0 Å². The van der Waals surface area contributed by atoms with Crippen molar-refractivity contribution in [3.05, 3.63) is 100 Å². The van der Waals surface area contributed by atoms with E-state index in [4.69, 9.17) is 4.74 Å². The van der Waals surface area contributed by atoms with Crippen LogP contribution in [-0.4, -0.2) is 25.6 Å². The van der Waals surface area contributed by atoms with Gasteiger partial charge in [0.05, 0.1) is 18.2 Å². The number of alkyl halides is 7. The Labute approximate surface area is 210 Å². The predicted octanol–water partition coefficient (Wildman–Crippen LogP) is 6.89. The zero-order valence-corrected chi connectivity index (χ0v) is 19.3. The highest BCUT2D eigenvalue weighted by molar-refractivity contribution is 5.95. The first kappa shape index (κ1) is 28.8. The van der Waals surface area contributed by atoms with Gasteiger partial charge in [0.1, 0.15) is 17.4 Å². The third-order valence-electron chi connectivity index (χ3n) is 5.17. The second-order valence-electron chi connectivity index (χ2n) is 7.96. The van der Waals surface area contributed by atoms with Crippen molar-refractivity contribution in [2.45, 2.75) is 31.4 Å². The van der Waals surface area contributed by atoms with Crippen molar-refractivity contribution in [3.63, 3.8) is 0 Å². The SMILES string of the molecule is COCc1ccc([C@@H](NC(=O)c2ccc(F)c(C(F)(F)F)c2)c2cc(F)cc(OC(F)(F)C(F)F)c2)cc1. The van der Waals surface area contributed by atoms with Crippen molar-refractivity contribution in [1.29, 1.82) is 0 Å². The lowest BCUT2D eigenvalue weighted by atomic mass is 9.96. The highest BCUT2D eigenvalue weighted by Crippen LogP contribution is 2.34. The fraction of sp³-hybridized carbons (Fsp3) is 0.240. The average molecular weight is 551 g/mol. The molecule has 3 rings (SSSR count). The molecule has 1 N–H and O–H groups in total. The van der Waals surface area contributed by atoms with Crippen LogP contribution in [0.25, 0.3) is 0 Å². The monoisotopic (exact) mass is 551 g/mol. The molecule has 0 aliphatic rings. The van der Waals surface area contributed by atoms with E-state index in [-0.39, 0.29) is 23.8 Å². The third kappa shape index (κ3) is 6.97. The summed E-state index contributed by atoms with van der Waals surface area (Å²) in [6.45, 7) is 0.188. The molecule has 0 aliphatic heterocycles. The number of hydrogen-bond acceptors (Lipinski definition) is 3. The lowest BCUT2D eigenvalue weighted by Gasteiger charge is -2.23. The number of hydrogen-bond donors (Lipinski definition) is 1. The van der Waals surface area contributed by atoms with E-state index in [0.29, 0.717) is 17.7 Å². The molecular weight excluding hydrogens is 533 g/mol. The first-order valence-electron chi connectivity index (χ1n) is 10.6. The molecule has 0 aromatic heterocycles. The van der Waals surface area contributed by atoms with Crippen molar-refractivity contribution < 1.29 is 53.8 Å². The van der Waals surface area contributed by atoms with Crippen LogP contribution in [0.1, 0.15) is 38.7 Å². The van der Waals surface area contributed by atoms with Crippen LogP contribution >= 0.6 is 0 Å². The maximum Gasteiger partial charge on any atom is 0.461 e. The summed E-state index contributed by atoms with van der Waals surface area (Å²) < 4.78 is 128. The summed E-state index contributed by atoms with van der Waals surface area (Å²) in [7, 11) is 1.43. The number of rotatable bonds is 9. The first-order valence-corrected chi connectivity index (χ1v) is 10.6. The Hall–Kier alpha value is -3.74. The Morgan fingerprint density at radius 2 is 1.55 bits per heavy atom. The summed E-state index contributed by atoms with van der Waals surface area (Å²) in [5.41, 5.74) is -1.72. The molecule has 0 heterocycles. The molecule has 38 heavy (non-hydrogen) atoms. The number of halogens is 9. The van der Waals surface area contributed by atoms with Gasteiger partial charge < -0.3 is 14.8 Å². The molecule has 3 aromatic rings. The standard InChI is InChI=1S/C25H18F9NO3/c1-37-12-13-2-4-14(5-3-13)21(16-8-17(26)11-18(9-16)38-25(33,34)23(28)29)35-22(36)15-6-7-20(27)19(10-15)24(30,31)32/h2-11,21,23H,12H2,1H3,(H,35,36)/t21-/m1/s1. The molecular formula is C25H18F9NO3. The molecule has 0 fully saturated rings. The van der Waals surface area contributed by atoms with Gasteiger partial charge in [0.2, 0.25) is 0 Å². The molecule has 0 saturated heterocycles. The van der Waals surface area contributed by atoms with Crippen LogP contribution in [0.15, 0.2) is 60.7 Å². The lowest BCUT2D eigenvalue weighted by molar-refractivity contribution is -0.253. The van der Waals surface area contributed by atoms with E-state index in [9.17, 15) is 44.3 Å². The molecule has 13 heteroatoms. The summed E-state index contributed by atoms with van der Waals surface area (Å²) in [4.78, 5) is 12.9. The molecule has 4 nitrogen and oxygen atoms in total. The van der Waals surface area contributed by atoms with E-state index in [0.717, 1.165) is 18.2 Å². The third-order valence-corrected chi connectivity index (χ3v) is 5.17. The number of benzene rings is 3. The highest BCUT2D eigenvalue weighted by atomic mass is 19.4. The lowest BCUT2D eigenvalue weighted by Crippen LogP contribution is -2.33. The van der Waals surface area contributed by atoms with Crippen LogP contribution in [0.5, 0.6) is 5.75 Å². The highest BCUT2D eigenvalue weighted by Gasteiger charge is 2.44. The van der Waals surface area contributed by atoms with Gasteiger partial charge in [0.15, 0.2) is 0 Å². The van der Waals surface area contributed by atoms with Crippen LogP contribution < -0.4 is 10.1 Å². The normalized spacial score (nSPS) is 12.9. The zero-order valence-electron chi connectivity index (χ0n) is 19.3. The van der Waals surface area contributed by atoms with Crippen molar-refractivity contribution in [3.8, 4) is 5.75 Å². The molecule has 0 bridgehead atoms. The number of carbonyl (C=O) groups is 1. The van der Waals surface area contributed by atoms with Gasteiger partial charge in [-0.1, -0.05) is 24.3 Å². The summed E-state index contributed by atoms with van der Waals surface area (Å²) in [5.74, 6) is -4.97. The summed E-state index contributed by atoms with van der Waals surface area (Å²) in [6.07, 6.45) is -14.3. The molecule has 3 aromatic carbocycles. The topological polar surface area (TPSA) is 47.6 Å². The Balaban J connectivity index is 2.05. The largest absolute Gasteiger partial charge is 0.461 e. The second kappa shape index (κ2) is 11.3. The maximum atomic E-state index is 14.3. The molecule has 1 atom stereocenters. The molecule has 0 saturated carbocycles. The Bertz CT molecular complexity index is 1280. The van der Waals surface area contributed by atoms with Gasteiger partial charge in [-0.15, -0.1) is 0 Å². The van der Waals surface area contributed by atoms with Gasteiger partial charge in [-0.05, 0) is 47.0 Å². The average Bonchev–Trinajstić information content (AvgIpc) is 2.82. The smallest absolute Gasteiger partial charge is 0.428 e. The fourth-order valence-electron chi connectivity index (χ4n) is 3.44. The van der Waals surface area contributed by atoms with Crippen LogP contribution in [-0.2, 0) is 17.5 Å². The van der Waals surface area contributed by atoms with Gasteiger partial charge in [0.25, 0.3) is 5.91 Å². The number of ether oxygens (including phenoxy) is 2. The van der Waals surface area contributed by atoms with E-state index < -0.39 is 59.2 Å². The molecule has 1 amide bonds. The van der Waals surface area contributed by atoms with Crippen LogP contribution in [0, 0.1) is 11.6 Å². The number of amides is 1. The Morgan fingerprint density at radius 1 is 0.895 bits per heavy atom. The number of carbonyl (C=O) groups excluding carboxylic acids is 1. The van der Waals surface area contributed by atoms with Gasteiger partial charge >= 0.3 is 18.7 Å². The Morgan fingerprint density at radius 3 is 2.13 bits per heavy atom. The van der Waals surface area contributed by atoms with Gasteiger partial charge in [-0.25, -0.2) is 8.78 Å². The zero-order chi connectivity index (χ0) is 28.3. The van der Waals surface area contributed by atoms with Crippen molar-refractivity contribution >= 4 is 5.91 Å².